The summed E-state index contributed by atoms with van der Waals surface area (Å²) in [5.41, 5.74) is 3.62. The zero-order chi connectivity index (χ0) is 19.3. The molecule has 2 aliphatic heterocycles. The average Bonchev–Trinajstić information content (AvgIpc) is 3.29. The summed E-state index contributed by atoms with van der Waals surface area (Å²) in [6.07, 6.45) is 13.4. The molecule has 0 amide bonds. The lowest BCUT2D eigenvalue weighted by Crippen LogP contribution is -2.41. The number of halogens is 1. The van der Waals surface area contributed by atoms with Gasteiger partial charge < -0.3 is 4.90 Å². The Morgan fingerprint density at radius 3 is 2.89 bits per heavy atom. The van der Waals surface area contributed by atoms with Crippen molar-refractivity contribution in [1.29, 1.82) is 0 Å². The number of aromatic nitrogens is 1. The predicted octanol–water partition coefficient (Wildman–Crippen LogP) is 5.12. The van der Waals surface area contributed by atoms with Crippen LogP contribution in [-0.4, -0.2) is 39.0 Å². The molecule has 1 aromatic rings. The van der Waals surface area contributed by atoms with Crippen LogP contribution in [0, 0.1) is 12.8 Å². The van der Waals surface area contributed by atoms with Gasteiger partial charge in [0.1, 0.15) is 12.2 Å². The van der Waals surface area contributed by atoms with E-state index in [-0.39, 0.29) is 0 Å². The zero-order valence-corrected chi connectivity index (χ0v) is 17.7. The van der Waals surface area contributed by atoms with Gasteiger partial charge in [0.05, 0.1) is 22.9 Å². The lowest BCUT2D eigenvalue weighted by atomic mass is 9.86. The second kappa shape index (κ2) is 7.16. The van der Waals surface area contributed by atoms with Crippen molar-refractivity contribution in [2.75, 3.05) is 0 Å². The van der Waals surface area contributed by atoms with Gasteiger partial charge in [-0.25, -0.2) is 9.99 Å². The van der Waals surface area contributed by atoms with Crippen molar-refractivity contribution in [2.24, 2.45) is 16.0 Å². The normalized spacial score (nSPS) is 29.5. The van der Waals surface area contributed by atoms with Crippen LogP contribution >= 0.6 is 22.9 Å². The quantitative estimate of drug-likeness (QED) is 0.675. The van der Waals surface area contributed by atoms with Crippen molar-refractivity contribution >= 4 is 40.6 Å². The molecule has 146 valence electrons. The van der Waals surface area contributed by atoms with Crippen LogP contribution in [0.25, 0.3) is 5.57 Å². The molecule has 28 heavy (non-hydrogen) atoms. The van der Waals surface area contributed by atoms with Gasteiger partial charge in [-0.1, -0.05) is 17.7 Å². The molecule has 0 saturated carbocycles. The Bertz CT molecular complexity index is 940. The van der Waals surface area contributed by atoms with Crippen molar-refractivity contribution < 1.29 is 0 Å². The lowest BCUT2D eigenvalue weighted by Gasteiger charge is -2.35. The molecule has 5 nitrogen and oxygen atoms in total. The second-order valence-electron chi connectivity index (χ2n) is 7.91. The number of aryl methyl sites for hydroxylation is 1. The van der Waals surface area contributed by atoms with Gasteiger partial charge in [-0.05, 0) is 57.6 Å². The second-order valence-corrected chi connectivity index (χ2v) is 9.46. The van der Waals surface area contributed by atoms with Crippen LogP contribution in [-0.2, 0) is 0 Å². The first kappa shape index (κ1) is 18.1. The summed E-state index contributed by atoms with van der Waals surface area (Å²) in [7, 11) is 0. The Labute approximate surface area is 174 Å². The molecule has 0 N–H and O–H groups in total. The monoisotopic (exact) mass is 413 g/mol. The van der Waals surface area contributed by atoms with Gasteiger partial charge in [0, 0.05) is 28.1 Å². The van der Waals surface area contributed by atoms with E-state index in [0.29, 0.717) is 18.0 Å². The minimum atomic E-state index is 0.329. The number of thiazole rings is 1. The first-order valence-electron chi connectivity index (χ1n) is 9.97. The average molecular weight is 414 g/mol. The third-order valence-corrected chi connectivity index (χ3v) is 7.28. The van der Waals surface area contributed by atoms with E-state index in [2.05, 4.69) is 46.3 Å². The van der Waals surface area contributed by atoms with E-state index in [1.165, 1.54) is 5.57 Å². The topological polar surface area (TPSA) is 44.1 Å². The molecule has 4 aliphatic rings. The molecule has 0 fully saturated rings. The number of fused-ring (bicyclic) bond motifs is 2. The predicted molar refractivity (Wildman–Crippen MR) is 116 cm³/mol. The highest BCUT2D eigenvalue weighted by atomic mass is 35.5. The van der Waals surface area contributed by atoms with Crippen molar-refractivity contribution in [2.45, 2.75) is 58.0 Å². The third-order valence-electron chi connectivity index (χ3n) is 6.21. The fourth-order valence-corrected chi connectivity index (χ4v) is 5.44. The van der Waals surface area contributed by atoms with Gasteiger partial charge in [0.2, 0.25) is 0 Å². The zero-order valence-electron chi connectivity index (χ0n) is 16.2. The number of hydrogen-bond acceptors (Lipinski definition) is 6. The number of hydrazone groups is 1. The molecule has 7 heteroatoms. The number of aliphatic imine (C=N–C) groups is 1. The molecular weight excluding hydrogens is 390 g/mol. The van der Waals surface area contributed by atoms with Crippen LogP contribution < -0.4 is 0 Å². The Hall–Kier alpha value is -1.92. The van der Waals surface area contributed by atoms with Crippen LogP contribution in [0.5, 0.6) is 0 Å². The van der Waals surface area contributed by atoms with Gasteiger partial charge in [-0.15, -0.1) is 11.3 Å². The van der Waals surface area contributed by atoms with Crippen LogP contribution in [0.15, 0.2) is 44.7 Å². The first-order chi connectivity index (χ1) is 13.6. The molecule has 3 atom stereocenters. The maximum absolute atomic E-state index is 6.27. The summed E-state index contributed by atoms with van der Waals surface area (Å²) in [6.45, 7) is 4.33. The minimum absolute atomic E-state index is 0.329. The number of nitrogens with zero attached hydrogens (tertiary/aromatic N) is 5. The van der Waals surface area contributed by atoms with E-state index >= 15 is 0 Å². The highest BCUT2D eigenvalue weighted by molar-refractivity contribution is 7.09. The van der Waals surface area contributed by atoms with Crippen LogP contribution in [0.1, 0.15) is 49.7 Å². The summed E-state index contributed by atoms with van der Waals surface area (Å²) in [5.74, 6) is 1.48. The Morgan fingerprint density at radius 2 is 2.14 bits per heavy atom. The van der Waals surface area contributed by atoms with Crippen LogP contribution in [0.3, 0.4) is 0 Å². The molecule has 0 saturated heterocycles. The van der Waals surface area contributed by atoms with E-state index in [1.54, 1.807) is 11.3 Å². The van der Waals surface area contributed by atoms with Gasteiger partial charge in [0.25, 0.3) is 0 Å². The maximum atomic E-state index is 6.27. The maximum Gasteiger partial charge on any atom is 0.149 e. The highest BCUT2D eigenvalue weighted by Crippen LogP contribution is 2.37. The first-order valence-corrected chi connectivity index (χ1v) is 11.2. The van der Waals surface area contributed by atoms with Crippen molar-refractivity contribution in [3.63, 3.8) is 0 Å². The van der Waals surface area contributed by atoms with Crippen LogP contribution in [0.4, 0.5) is 0 Å². The fourth-order valence-electron chi connectivity index (χ4n) is 4.58. The highest BCUT2D eigenvalue weighted by Gasteiger charge is 2.38. The molecule has 5 rings (SSSR count). The van der Waals surface area contributed by atoms with E-state index in [1.807, 2.05) is 12.5 Å². The van der Waals surface area contributed by atoms with Crippen molar-refractivity contribution in [1.82, 2.24) is 14.9 Å². The van der Waals surface area contributed by atoms with Gasteiger partial charge >= 0.3 is 0 Å². The molecule has 2 aliphatic carbocycles. The van der Waals surface area contributed by atoms with E-state index in [4.69, 9.17) is 21.7 Å². The summed E-state index contributed by atoms with van der Waals surface area (Å²) in [4.78, 5) is 11.7. The molecule has 0 radical (unpaired) electrons. The summed E-state index contributed by atoms with van der Waals surface area (Å²) < 4.78 is 0. The molecule has 1 aromatic heterocycles. The molecule has 0 bridgehead atoms. The third kappa shape index (κ3) is 3.12. The molecule has 3 unspecified atom stereocenters. The molecule has 3 heterocycles. The SMILES string of the molecule is Cc1nc(C2=CCC(N3N=CN4C3=CN=C3C=C(Cl)CCC3C4C)CC2)cs1. The Morgan fingerprint density at radius 1 is 1.25 bits per heavy atom. The summed E-state index contributed by atoms with van der Waals surface area (Å²) in [6, 6.07) is 0.692. The largest absolute Gasteiger partial charge is 0.311 e. The fraction of sp³-hybridized carbons (Fsp3) is 0.476. The Kier molecular flexibility index (Phi) is 4.63. The standard InChI is InChI=1S/C21H24ClN5S/c1-13-18-8-5-16(22)9-19(18)23-10-21-26(13)12-24-27(21)17-6-3-15(4-7-17)20-11-28-14(2)25-20/h3,9-13,17-18H,4-8H2,1-2H3. The van der Waals surface area contributed by atoms with Crippen LogP contribution in [0.2, 0.25) is 0 Å². The number of allylic oxidation sites excluding steroid dienone is 3. The molecule has 0 spiro atoms. The van der Waals surface area contributed by atoms with E-state index in [0.717, 1.165) is 59.4 Å². The smallest absolute Gasteiger partial charge is 0.149 e. The summed E-state index contributed by atoms with van der Waals surface area (Å²) >= 11 is 7.99. The van der Waals surface area contributed by atoms with Gasteiger partial charge in [-0.3, -0.25) is 4.99 Å². The number of rotatable bonds is 2. The summed E-state index contributed by atoms with van der Waals surface area (Å²) in [5, 5.41) is 11.1. The van der Waals surface area contributed by atoms with Gasteiger partial charge in [0.15, 0.2) is 0 Å². The lowest BCUT2D eigenvalue weighted by molar-refractivity contribution is 0.204. The molecule has 0 aromatic carbocycles. The van der Waals surface area contributed by atoms with Crippen molar-refractivity contribution in [3.8, 4) is 0 Å². The Balaban J connectivity index is 1.37. The molecular formula is C21H24ClN5S. The van der Waals surface area contributed by atoms with Crippen molar-refractivity contribution in [3.05, 3.63) is 45.3 Å². The van der Waals surface area contributed by atoms with E-state index in [9.17, 15) is 0 Å². The van der Waals surface area contributed by atoms with E-state index < -0.39 is 0 Å². The minimum Gasteiger partial charge on any atom is -0.311 e. The number of hydrogen-bond donors (Lipinski definition) is 0. The van der Waals surface area contributed by atoms with Gasteiger partial charge in [-0.2, -0.15) is 5.10 Å².